The van der Waals surface area contributed by atoms with Crippen molar-refractivity contribution in [2.75, 3.05) is 26.2 Å². The second-order valence-electron chi connectivity index (χ2n) is 6.74. The van der Waals surface area contributed by atoms with Crippen LogP contribution in [-0.2, 0) is 9.59 Å². The van der Waals surface area contributed by atoms with Crippen LogP contribution in [-0.4, -0.2) is 53.0 Å². The van der Waals surface area contributed by atoms with Gasteiger partial charge >= 0.3 is 0 Å². The van der Waals surface area contributed by atoms with Crippen LogP contribution < -0.4 is 5.32 Å². The Kier molecular flexibility index (Phi) is 7.04. The van der Waals surface area contributed by atoms with Crippen LogP contribution in [0.25, 0.3) is 5.76 Å². The molecule has 7 heteroatoms. The molecule has 1 saturated heterocycles. The number of hydrogen-bond acceptors (Lipinski definition) is 5. The third-order valence-electron chi connectivity index (χ3n) is 4.81. The lowest BCUT2D eigenvalue weighted by Gasteiger charge is -2.25. The highest BCUT2D eigenvalue weighted by Gasteiger charge is 2.45. The highest BCUT2D eigenvalue weighted by atomic mass is 35.5. The van der Waals surface area contributed by atoms with E-state index in [9.17, 15) is 14.7 Å². The number of nitrogens with zero attached hydrogens (tertiary/aromatic N) is 1. The smallest absolute Gasteiger partial charge is 0.295 e. The van der Waals surface area contributed by atoms with E-state index in [1.54, 1.807) is 48.5 Å². The van der Waals surface area contributed by atoms with Crippen molar-refractivity contribution in [3.05, 3.63) is 76.3 Å². The average molecular weight is 415 g/mol. The van der Waals surface area contributed by atoms with Crippen LogP contribution in [0.3, 0.4) is 0 Å². The summed E-state index contributed by atoms with van der Waals surface area (Å²) < 4.78 is 0. The molecule has 3 N–H and O–H groups in total. The summed E-state index contributed by atoms with van der Waals surface area (Å²) in [5.41, 5.74) is 1.26. The molecule has 29 heavy (non-hydrogen) atoms. The van der Waals surface area contributed by atoms with Crippen LogP contribution in [0.2, 0.25) is 5.02 Å². The number of hydrogen-bond donors (Lipinski definition) is 3. The van der Waals surface area contributed by atoms with E-state index in [1.165, 1.54) is 4.90 Å². The Balaban J connectivity index is 1.98. The number of halogens is 1. The van der Waals surface area contributed by atoms with Gasteiger partial charge in [0.15, 0.2) is 0 Å². The number of amides is 1. The van der Waals surface area contributed by atoms with Crippen molar-refractivity contribution in [1.29, 1.82) is 0 Å². The number of aliphatic hydroxyl groups excluding tert-OH is 2. The molecule has 1 aliphatic heterocycles. The molecule has 0 saturated carbocycles. The molecule has 1 amide bonds. The predicted molar refractivity (Wildman–Crippen MR) is 111 cm³/mol. The molecule has 0 radical (unpaired) electrons. The molecule has 2 aromatic carbocycles. The van der Waals surface area contributed by atoms with Crippen molar-refractivity contribution in [2.45, 2.75) is 12.5 Å². The van der Waals surface area contributed by atoms with Gasteiger partial charge in [-0.05, 0) is 30.7 Å². The SMILES string of the molecule is O=C1C(=O)N(CCCNCCO)C(c2ccc(Cl)cc2)/C1=C(/O)c1ccccc1. The first-order valence-electron chi connectivity index (χ1n) is 9.45. The van der Waals surface area contributed by atoms with Crippen LogP contribution >= 0.6 is 11.6 Å². The van der Waals surface area contributed by atoms with Gasteiger partial charge in [-0.2, -0.15) is 0 Å². The zero-order valence-corrected chi connectivity index (χ0v) is 16.6. The molecule has 2 aromatic rings. The first-order chi connectivity index (χ1) is 14.0. The number of likely N-dealkylation sites (tertiary alicyclic amines) is 1. The minimum atomic E-state index is -0.699. The first kappa shape index (κ1) is 21.0. The fourth-order valence-electron chi connectivity index (χ4n) is 3.43. The minimum absolute atomic E-state index is 0.0341. The number of carbonyl (C=O) groups is 2. The maximum atomic E-state index is 12.8. The Labute approximate surface area is 174 Å². The Bertz CT molecular complexity index is 897. The van der Waals surface area contributed by atoms with E-state index in [0.29, 0.717) is 42.2 Å². The predicted octanol–water partition coefficient (Wildman–Crippen LogP) is 2.73. The summed E-state index contributed by atoms with van der Waals surface area (Å²) >= 11 is 6.00. The molecule has 3 rings (SSSR count). The van der Waals surface area contributed by atoms with Crippen molar-refractivity contribution < 1.29 is 19.8 Å². The molecule has 1 atom stereocenters. The second-order valence-corrected chi connectivity index (χ2v) is 7.17. The highest BCUT2D eigenvalue weighted by Crippen LogP contribution is 2.39. The van der Waals surface area contributed by atoms with E-state index < -0.39 is 17.7 Å². The van der Waals surface area contributed by atoms with E-state index in [0.717, 1.165) is 0 Å². The maximum Gasteiger partial charge on any atom is 0.295 e. The standard InChI is InChI=1S/C22H23ClN2O4/c23-17-9-7-15(8-10-17)19-18(20(27)16-5-2-1-3-6-16)21(28)22(29)25(19)13-4-11-24-12-14-26/h1-3,5-10,19,24,26-27H,4,11-14H2/b20-18-. The van der Waals surface area contributed by atoms with Crippen LogP contribution in [0.5, 0.6) is 0 Å². The summed E-state index contributed by atoms with van der Waals surface area (Å²) in [4.78, 5) is 27.1. The van der Waals surface area contributed by atoms with Gasteiger partial charge in [0, 0.05) is 23.7 Å². The maximum absolute atomic E-state index is 12.8. The van der Waals surface area contributed by atoms with E-state index in [2.05, 4.69) is 5.32 Å². The molecule has 1 unspecified atom stereocenters. The number of carbonyl (C=O) groups excluding carboxylic acids is 2. The van der Waals surface area contributed by atoms with Gasteiger partial charge in [-0.15, -0.1) is 0 Å². The third-order valence-corrected chi connectivity index (χ3v) is 5.07. The van der Waals surface area contributed by atoms with Crippen molar-refractivity contribution in [3.8, 4) is 0 Å². The van der Waals surface area contributed by atoms with E-state index >= 15 is 0 Å². The normalized spacial score (nSPS) is 18.4. The molecule has 152 valence electrons. The van der Waals surface area contributed by atoms with Crippen molar-refractivity contribution in [3.63, 3.8) is 0 Å². The first-order valence-corrected chi connectivity index (χ1v) is 9.83. The highest BCUT2D eigenvalue weighted by molar-refractivity contribution is 6.46. The van der Waals surface area contributed by atoms with Gasteiger partial charge in [0.05, 0.1) is 18.2 Å². The summed E-state index contributed by atoms with van der Waals surface area (Å²) in [6, 6.07) is 14.9. The van der Waals surface area contributed by atoms with E-state index in [-0.39, 0.29) is 17.9 Å². The molecule has 1 aliphatic rings. The molecule has 1 fully saturated rings. The number of benzene rings is 2. The zero-order chi connectivity index (χ0) is 20.8. The second kappa shape index (κ2) is 9.69. The van der Waals surface area contributed by atoms with Crippen LogP contribution in [0.15, 0.2) is 60.2 Å². The third kappa shape index (κ3) is 4.67. The summed E-state index contributed by atoms with van der Waals surface area (Å²) in [7, 11) is 0. The lowest BCUT2D eigenvalue weighted by atomic mass is 9.95. The van der Waals surface area contributed by atoms with Gasteiger partial charge in [0.2, 0.25) is 0 Å². The van der Waals surface area contributed by atoms with Gasteiger partial charge in [0.25, 0.3) is 11.7 Å². The summed E-state index contributed by atoms with van der Waals surface area (Å²) in [6.07, 6.45) is 0.600. The Morgan fingerprint density at radius 1 is 1.03 bits per heavy atom. The molecular weight excluding hydrogens is 392 g/mol. The quantitative estimate of drug-likeness (QED) is 0.267. The largest absolute Gasteiger partial charge is 0.507 e. The van der Waals surface area contributed by atoms with Crippen LogP contribution in [0.4, 0.5) is 0 Å². The minimum Gasteiger partial charge on any atom is -0.507 e. The Morgan fingerprint density at radius 3 is 2.38 bits per heavy atom. The average Bonchev–Trinajstić information content (AvgIpc) is 2.99. The molecular formula is C22H23ClN2O4. The molecule has 0 aliphatic carbocycles. The van der Waals surface area contributed by atoms with Gasteiger partial charge in [-0.25, -0.2) is 0 Å². The number of aliphatic hydroxyl groups is 2. The topological polar surface area (TPSA) is 89.9 Å². The zero-order valence-electron chi connectivity index (χ0n) is 15.8. The van der Waals surface area contributed by atoms with Gasteiger partial charge in [0.1, 0.15) is 5.76 Å². The van der Waals surface area contributed by atoms with Gasteiger partial charge < -0.3 is 20.4 Å². The van der Waals surface area contributed by atoms with Crippen molar-refractivity contribution in [1.82, 2.24) is 10.2 Å². The number of nitrogens with one attached hydrogen (secondary N) is 1. The molecule has 6 nitrogen and oxygen atoms in total. The lowest BCUT2D eigenvalue weighted by molar-refractivity contribution is -0.139. The number of Topliss-reactive ketones (excluding diaryl/α,β-unsaturated/α-hetero) is 1. The molecule has 0 bridgehead atoms. The summed E-state index contributed by atoms with van der Waals surface area (Å²) in [5, 5.41) is 23.3. The van der Waals surface area contributed by atoms with Crippen LogP contribution in [0.1, 0.15) is 23.6 Å². The van der Waals surface area contributed by atoms with Crippen LogP contribution in [0, 0.1) is 0 Å². The van der Waals surface area contributed by atoms with Crippen molar-refractivity contribution >= 4 is 29.1 Å². The Hall–Kier alpha value is -2.67. The lowest BCUT2D eigenvalue weighted by Crippen LogP contribution is -2.32. The van der Waals surface area contributed by atoms with Gasteiger partial charge in [-0.1, -0.05) is 54.1 Å². The monoisotopic (exact) mass is 414 g/mol. The fraction of sp³-hybridized carbons (Fsp3) is 0.273. The number of ketones is 1. The molecule has 0 aromatic heterocycles. The fourth-order valence-corrected chi connectivity index (χ4v) is 3.56. The van der Waals surface area contributed by atoms with Crippen molar-refractivity contribution in [2.24, 2.45) is 0 Å². The molecule has 1 heterocycles. The number of rotatable bonds is 8. The van der Waals surface area contributed by atoms with Gasteiger partial charge in [-0.3, -0.25) is 9.59 Å². The molecule has 0 spiro atoms. The summed E-state index contributed by atoms with van der Waals surface area (Å²) in [5.74, 6) is -1.52. The van der Waals surface area contributed by atoms with E-state index in [4.69, 9.17) is 16.7 Å². The summed E-state index contributed by atoms with van der Waals surface area (Å²) in [6.45, 7) is 1.43. The Morgan fingerprint density at radius 2 is 1.72 bits per heavy atom. The van der Waals surface area contributed by atoms with E-state index in [1.807, 2.05) is 6.07 Å².